The summed E-state index contributed by atoms with van der Waals surface area (Å²) in [5.74, 6) is 2.35. The fourth-order valence-electron chi connectivity index (χ4n) is 10.1. The molecule has 1 unspecified atom stereocenters. The first-order valence-electron chi connectivity index (χ1n) is 23.6. The molecule has 0 N–H and O–H groups in total. The minimum atomic E-state index is 0.548. The van der Waals surface area contributed by atoms with Crippen LogP contribution < -0.4 is 0 Å². The maximum Gasteiger partial charge on any atom is 0.164 e. The van der Waals surface area contributed by atoms with Gasteiger partial charge in [-0.1, -0.05) is 201 Å². The summed E-state index contributed by atoms with van der Waals surface area (Å²) in [5.41, 5.74) is 16.6. The van der Waals surface area contributed by atoms with Crippen molar-refractivity contribution in [2.45, 2.75) is 13.3 Å². The van der Waals surface area contributed by atoms with Gasteiger partial charge in [-0.05, 0) is 76.1 Å². The zero-order valence-electron chi connectivity index (χ0n) is 37.9. The van der Waals surface area contributed by atoms with Crippen LogP contribution in [0.15, 0.2) is 235 Å². The molecule has 5 heteroatoms. The third-order valence-electron chi connectivity index (χ3n) is 13.6. The summed E-state index contributed by atoms with van der Waals surface area (Å²) in [6.45, 7) is 2.25. The quantitative estimate of drug-likeness (QED) is 0.153. The summed E-state index contributed by atoms with van der Waals surface area (Å²) in [7, 11) is 0. The Morgan fingerprint density at radius 3 is 1.52 bits per heavy atom. The first-order valence-corrected chi connectivity index (χ1v) is 23.6. The van der Waals surface area contributed by atoms with Crippen LogP contribution in [0, 0.1) is 5.92 Å². The van der Waals surface area contributed by atoms with E-state index in [4.69, 9.17) is 19.4 Å². The van der Waals surface area contributed by atoms with Crippen molar-refractivity contribution >= 4 is 49.3 Å². The fraction of sp³-hybridized carbons (Fsp3) is 0.0469. The van der Waals surface area contributed by atoms with Gasteiger partial charge in [-0.25, -0.2) is 15.0 Å². The van der Waals surface area contributed by atoms with Crippen LogP contribution >= 0.6 is 0 Å². The molecule has 3 heterocycles. The second-order valence-electron chi connectivity index (χ2n) is 18.0. The van der Waals surface area contributed by atoms with E-state index in [2.05, 4.69) is 224 Å². The van der Waals surface area contributed by atoms with Crippen molar-refractivity contribution in [3.63, 3.8) is 0 Å². The summed E-state index contributed by atoms with van der Waals surface area (Å²) in [5, 5.41) is 4.54. The van der Waals surface area contributed by atoms with Gasteiger partial charge in [-0.15, -0.1) is 0 Å². The zero-order valence-corrected chi connectivity index (χ0v) is 37.9. The van der Waals surface area contributed by atoms with Gasteiger partial charge in [0.05, 0.1) is 16.7 Å². The maximum absolute atomic E-state index is 6.58. The second kappa shape index (κ2) is 16.7. The van der Waals surface area contributed by atoms with Crippen molar-refractivity contribution in [1.29, 1.82) is 0 Å². The Morgan fingerprint density at radius 2 is 0.913 bits per heavy atom. The van der Waals surface area contributed by atoms with Crippen molar-refractivity contribution < 1.29 is 4.42 Å². The second-order valence-corrected chi connectivity index (χ2v) is 18.0. The van der Waals surface area contributed by atoms with E-state index in [1.165, 1.54) is 16.5 Å². The van der Waals surface area contributed by atoms with Crippen LogP contribution in [-0.2, 0) is 0 Å². The molecule has 1 aliphatic carbocycles. The third kappa shape index (κ3) is 7.23. The van der Waals surface area contributed by atoms with E-state index >= 15 is 0 Å². The molecule has 0 saturated carbocycles. The van der Waals surface area contributed by atoms with Gasteiger partial charge in [0, 0.05) is 55.4 Å². The molecule has 0 bridgehead atoms. The number of allylic oxidation sites excluding steroid dienone is 4. The first kappa shape index (κ1) is 40.4. The van der Waals surface area contributed by atoms with E-state index < -0.39 is 0 Å². The molecule has 1 aliphatic rings. The Hall–Kier alpha value is -8.93. The number of aromatic nitrogens is 4. The largest absolute Gasteiger partial charge is 0.456 e. The number of fused-ring (bicyclic) bond motifs is 6. The van der Waals surface area contributed by atoms with Gasteiger partial charge >= 0.3 is 0 Å². The summed E-state index contributed by atoms with van der Waals surface area (Å²) >= 11 is 0. The molecule has 0 amide bonds. The van der Waals surface area contributed by atoms with Gasteiger partial charge in [0.1, 0.15) is 11.2 Å². The Balaban J connectivity index is 1.06. The predicted molar refractivity (Wildman–Crippen MR) is 285 cm³/mol. The van der Waals surface area contributed by atoms with Gasteiger partial charge < -0.3 is 8.98 Å². The molecule has 0 saturated heterocycles. The lowest BCUT2D eigenvalue weighted by Crippen LogP contribution is -2.04. The average molecular weight is 885 g/mol. The number of nitrogens with zero attached hydrogens (tertiary/aromatic N) is 4. The number of para-hydroxylation sites is 2. The standard InChI is InChI=1S/C64H44N4O/c1-41-25-27-43(28-26-41)45-31-35-49(36-32-45)63-65-62(48-33-29-44(30-34-48)42-15-5-2-6-16-42)66-64(67-63)50-37-53(46-17-7-3-8-18-46)61(54(38-50)47-19-9-4-10-20-47)68-57-23-13-11-21-51(57)55-39-56-52-22-12-14-24-59(52)69-60(56)40-58(55)68/h2-25,27-41H,26H2,1H3. The highest BCUT2D eigenvalue weighted by molar-refractivity contribution is 6.18. The molecule has 13 rings (SSSR count). The molecule has 5 nitrogen and oxygen atoms in total. The van der Waals surface area contributed by atoms with E-state index in [1.54, 1.807) is 0 Å². The monoisotopic (exact) mass is 884 g/mol. The van der Waals surface area contributed by atoms with Crippen LogP contribution in [0.5, 0.6) is 0 Å². The lowest BCUT2D eigenvalue weighted by atomic mass is 9.92. The number of rotatable bonds is 8. The van der Waals surface area contributed by atoms with Crippen LogP contribution in [0.3, 0.4) is 0 Å². The Bertz CT molecular complexity index is 3900. The smallest absolute Gasteiger partial charge is 0.164 e. The molecule has 0 radical (unpaired) electrons. The topological polar surface area (TPSA) is 56.7 Å². The van der Waals surface area contributed by atoms with Crippen LogP contribution in [0.4, 0.5) is 0 Å². The number of hydrogen-bond acceptors (Lipinski definition) is 4. The number of benzene rings is 9. The lowest BCUT2D eigenvalue weighted by molar-refractivity contribution is 0.669. The van der Waals surface area contributed by atoms with Crippen molar-refractivity contribution in [2.75, 3.05) is 0 Å². The highest BCUT2D eigenvalue weighted by atomic mass is 16.3. The molecule has 0 aliphatic heterocycles. The fourth-order valence-corrected chi connectivity index (χ4v) is 10.1. The minimum absolute atomic E-state index is 0.548. The highest BCUT2D eigenvalue weighted by Crippen LogP contribution is 2.45. The highest BCUT2D eigenvalue weighted by Gasteiger charge is 2.24. The van der Waals surface area contributed by atoms with Crippen LogP contribution in [0.25, 0.3) is 123 Å². The molecule has 0 spiro atoms. The number of furan rings is 1. The van der Waals surface area contributed by atoms with E-state index in [0.717, 1.165) is 101 Å². The number of hydrogen-bond donors (Lipinski definition) is 0. The third-order valence-corrected chi connectivity index (χ3v) is 13.6. The Labute approximate surface area is 400 Å². The van der Waals surface area contributed by atoms with Crippen LogP contribution in [0.1, 0.15) is 18.9 Å². The van der Waals surface area contributed by atoms with Crippen molar-refractivity contribution in [3.05, 3.63) is 236 Å². The van der Waals surface area contributed by atoms with Gasteiger partial charge in [-0.2, -0.15) is 0 Å². The molecule has 69 heavy (non-hydrogen) atoms. The molecule has 1 atom stereocenters. The van der Waals surface area contributed by atoms with E-state index in [1.807, 2.05) is 18.2 Å². The van der Waals surface area contributed by atoms with E-state index in [9.17, 15) is 0 Å². The van der Waals surface area contributed by atoms with E-state index in [-0.39, 0.29) is 0 Å². The Kier molecular flexibility index (Phi) is 9.79. The maximum atomic E-state index is 6.58. The molecular weight excluding hydrogens is 841 g/mol. The Morgan fingerprint density at radius 1 is 0.406 bits per heavy atom. The molecule has 9 aromatic carbocycles. The van der Waals surface area contributed by atoms with Crippen molar-refractivity contribution in [2.24, 2.45) is 5.92 Å². The molecule has 12 aromatic rings. The van der Waals surface area contributed by atoms with Crippen LogP contribution in [0.2, 0.25) is 0 Å². The minimum Gasteiger partial charge on any atom is -0.456 e. The van der Waals surface area contributed by atoms with Gasteiger partial charge in [0.25, 0.3) is 0 Å². The van der Waals surface area contributed by atoms with Crippen molar-refractivity contribution in [1.82, 2.24) is 19.5 Å². The summed E-state index contributed by atoms with van der Waals surface area (Å²) in [6, 6.07) is 75.1. The van der Waals surface area contributed by atoms with Crippen LogP contribution in [-0.4, -0.2) is 19.5 Å². The zero-order chi connectivity index (χ0) is 45.8. The average Bonchev–Trinajstić information content (AvgIpc) is 3.95. The molecule has 0 fully saturated rings. The normalized spacial score (nSPS) is 13.7. The van der Waals surface area contributed by atoms with Crippen molar-refractivity contribution in [3.8, 4) is 73.2 Å². The van der Waals surface area contributed by atoms with E-state index in [0.29, 0.717) is 23.4 Å². The molecule has 3 aromatic heterocycles. The van der Waals surface area contributed by atoms with Gasteiger partial charge in [0.15, 0.2) is 17.5 Å². The van der Waals surface area contributed by atoms with Gasteiger partial charge in [0.2, 0.25) is 0 Å². The first-order chi connectivity index (χ1) is 34.1. The lowest BCUT2D eigenvalue weighted by Gasteiger charge is -2.21. The summed E-state index contributed by atoms with van der Waals surface area (Å²) in [6.07, 6.45) is 7.89. The SMILES string of the molecule is CC1C=CC(c2ccc(-c3nc(-c4ccc(-c5ccccc5)cc4)nc(-c4cc(-c5ccccc5)c(-n5c6ccccc6c6cc7c(cc65)oc5ccccc57)c(-c5ccccc5)c4)n3)cc2)=CC1. The summed E-state index contributed by atoms with van der Waals surface area (Å²) < 4.78 is 9.01. The molecule has 326 valence electrons. The van der Waals surface area contributed by atoms with Gasteiger partial charge in [-0.3, -0.25) is 0 Å². The summed E-state index contributed by atoms with van der Waals surface area (Å²) in [4.78, 5) is 15.9. The predicted octanol–water partition coefficient (Wildman–Crippen LogP) is 16.8. The molecular formula is C64H44N4O.